The number of methoxy groups -OCH3 is 1. The summed E-state index contributed by atoms with van der Waals surface area (Å²) in [5, 5.41) is 6.53. The highest BCUT2D eigenvalue weighted by Crippen LogP contribution is 2.35. The molecule has 0 radical (unpaired) electrons. The highest BCUT2D eigenvalue weighted by Gasteiger charge is 2.30. The molecule has 2 rings (SSSR count). The number of rotatable bonds is 2. The van der Waals surface area contributed by atoms with Crippen LogP contribution in [0.3, 0.4) is 0 Å². The second-order valence-electron chi connectivity index (χ2n) is 4.33. The Morgan fingerprint density at radius 2 is 2.12 bits per heavy atom. The number of ether oxygens (including phenoxy) is 1. The van der Waals surface area contributed by atoms with Crippen LogP contribution in [0.2, 0.25) is 0 Å². The van der Waals surface area contributed by atoms with Crippen molar-refractivity contribution in [1.29, 1.82) is 0 Å². The minimum Gasteiger partial charge on any atom is -0.497 e. The third kappa shape index (κ3) is 1.77. The Labute approximate surface area is 96.7 Å². The molecular weight excluding hydrogens is 200 g/mol. The van der Waals surface area contributed by atoms with Gasteiger partial charge in [-0.25, -0.2) is 0 Å². The summed E-state index contributed by atoms with van der Waals surface area (Å²) in [4.78, 5) is 0. The van der Waals surface area contributed by atoms with E-state index in [4.69, 9.17) is 4.74 Å². The fourth-order valence-corrected chi connectivity index (χ4v) is 2.28. The second kappa shape index (κ2) is 4.16. The standard InChI is InChI=1S/C13H18N2O/c1-9-10(2)14-15(3)13(9)11-6-5-7-12(8-11)16-4/h5-9,13H,1-4H3. The van der Waals surface area contributed by atoms with Gasteiger partial charge in [-0.3, -0.25) is 5.01 Å². The van der Waals surface area contributed by atoms with Gasteiger partial charge >= 0.3 is 0 Å². The van der Waals surface area contributed by atoms with Gasteiger partial charge in [-0.05, 0) is 24.6 Å². The Balaban J connectivity index is 2.31. The molecule has 3 nitrogen and oxygen atoms in total. The molecule has 0 aromatic heterocycles. The van der Waals surface area contributed by atoms with Gasteiger partial charge in [0, 0.05) is 18.7 Å². The van der Waals surface area contributed by atoms with E-state index in [1.165, 1.54) is 11.3 Å². The lowest BCUT2D eigenvalue weighted by molar-refractivity contribution is 0.256. The fraction of sp³-hybridized carbons (Fsp3) is 0.462. The van der Waals surface area contributed by atoms with Gasteiger partial charge in [0.05, 0.1) is 13.2 Å². The van der Waals surface area contributed by atoms with Crippen molar-refractivity contribution >= 4 is 5.71 Å². The smallest absolute Gasteiger partial charge is 0.119 e. The first-order valence-corrected chi connectivity index (χ1v) is 5.55. The summed E-state index contributed by atoms with van der Waals surface area (Å²) < 4.78 is 5.26. The van der Waals surface area contributed by atoms with Crippen molar-refractivity contribution in [3.8, 4) is 5.75 Å². The Morgan fingerprint density at radius 1 is 1.38 bits per heavy atom. The van der Waals surface area contributed by atoms with E-state index in [2.05, 4.69) is 31.1 Å². The van der Waals surface area contributed by atoms with Crippen molar-refractivity contribution in [3.63, 3.8) is 0 Å². The number of hydrogen-bond acceptors (Lipinski definition) is 3. The Bertz CT molecular complexity index is 414. The molecule has 1 aliphatic heterocycles. The van der Waals surface area contributed by atoms with E-state index in [9.17, 15) is 0 Å². The van der Waals surface area contributed by atoms with Gasteiger partial charge in [0.15, 0.2) is 0 Å². The molecule has 1 aromatic carbocycles. The van der Waals surface area contributed by atoms with Gasteiger partial charge in [-0.15, -0.1) is 0 Å². The molecule has 1 aliphatic rings. The minimum atomic E-state index is 0.329. The highest BCUT2D eigenvalue weighted by molar-refractivity contribution is 5.86. The second-order valence-corrected chi connectivity index (χ2v) is 4.33. The van der Waals surface area contributed by atoms with E-state index in [-0.39, 0.29) is 0 Å². The summed E-state index contributed by atoms with van der Waals surface area (Å²) in [5.41, 5.74) is 2.45. The summed E-state index contributed by atoms with van der Waals surface area (Å²) in [6.07, 6.45) is 0. The van der Waals surface area contributed by atoms with Crippen LogP contribution >= 0.6 is 0 Å². The molecule has 0 aliphatic carbocycles. The third-order valence-electron chi connectivity index (χ3n) is 3.29. The van der Waals surface area contributed by atoms with E-state index < -0.39 is 0 Å². The third-order valence-corrected chi connectivity index (χ3v) is 3.29. The highest BCUT2D eigenvalue weighted by atomic mass is 16.5. The summed E-state index contributed by atoms with van der Waals surface area (Å²) in [7, 11) is 3.72. The van der Waals surface area contributed by atoms with Crippen LogP contribution in [0, 0.1) is 5.92 Å². The van der Waals surface area contributed by atoms with E-state index in [1.54, 1.807) is 7.11 Å². The van der Waals surface area contributed by atoms with E-state index >= 15 is 0 Å². The predicted octanol–water partition coefficient (Wildman–Crippen LogP) is 2.69. The van der Waals surface area contributed by atoms with Crippen LogP contribution in [-0.4, -0.2) is 24.9 Å². The topological polar surface area (TPSA) is 24.8 Å². The van der Waals surface area contributed by atoms with Crippen LogP contribution in [0.5, 0.6) is 5.75 Å². The summed E-state index contributed by atoms with van der Waals surface area (Å²) in [5.74, 6) is 1.36. The lowest BCUT2D eigenvalue weighted by Gasteiger charge is -2.23. The molecule has 0 spiro atoms. The average Bonchev–Trinajstić information content (AvgIpc) is 2.53. The molecular formula is C13H18N2O. The van der Waals surface area contributed by atoms with E-state index in [0.717, 1.165) is 5.75 Å². The first-order valence-electron chi connectivity index (χ1n) is 5.55. The monoisotopic (exact) mass is 218 g/mol. The van der Waals surface area contributed by atoms with Gasteiger partial charge in [0.25, 0.3) is 0 Å². The van der Waals surface area contributed by atoms with Crippen molar-refractivity contribution in [2.45, 2.75) is 19.9 Å². The lowest BCUT2D eigenvalue weighted by atomic mass is 9.92. The number of nitrogens with zero attached hydrogens (tertiary/aromatic N) is 2. The summed E-state index contributed by atoms with van der Waals surface area (Å²) >= 11 is 0. The van der Waals surface area contributed by atoms with E-state index in [0.29, 0.717) is 12.0 Å². The van der Waals surface area contributed by atoms with Gasteiger partial charge in [0.2, 0.25) is 0 Å². The maximum absolute atomic E-state index is 5.26. The number of benzene rings is 1. The van der Waals surface area contributed by atoms with Crippen molar-refractivity contribution in [2.24, 2.45) is 11.0 Å². The van der Waals surface area contributed by atoms with Crippen LogP contribution in [0.25, 0.3) is 0 Å². The largest absolute Gasteiger partial charge is 0.497 e. The zero-order chi connectivity index (χ0) is 11.7. The first-order chi connectivity index (χ1) is 7.63. The molecule has 0 saturated heterocycles. The molecule has 3 heteroatoms. The summed E-state index contributed by atoms with van der Waals surface area (Å²) in [6.45, 7) is 4.30. The maximum Gasteiger partial charge on any atom is 0.119 e. The molecule has 1 aromatic rings. The Morgan fingerprint density at radius 3 is 2.69 bits per heavy atom. The van der Waals surface area contributed by atoms with Gasteiger partial charge < -0.3 is 4.74 Å². The molecule has 0 bridgehead atoms. The normalized spacial score (nSPS) is 24.5. The molecule has 1 heterocycles. The lowest BCUT2D eigenvalue weighted by Crippen LogP contribution is -2.20. The van der Waals surface area contributed by atoms with Crippen molar-refractivity contribution in [1.82, 2.24) is 5.01 Å². The Hall–Kier alpha value is -1.51. The maximum atomic E-state index is 5.26. The zero-order valence-electron chi connectivity index (χ0n) is 10.3. The van der Waals surface area contributed by atoms with Gasteiger partial charge in [0.1, 0.15) is 5.75 Å². The number of hydrazone groups is 1. The van der Waals surface area contributed by atoms with Gasteiger partial charge in [-0.2, -0.15) is 5.10 Å². The van der Waals surface area contributed by atoms with Crippen LogP contribution in [0.1, 0.15) is 25.5 Å². The first kappa shape index (κ1) is 11.0. The van der Waals surface area contributed by atoms with E-state index in [1.807, 2.05) is 24.2 Å². The zero-order valence-corrected chi connectivity index (χ0v) is 10.3. The Kier molecular flexibility index (Phi) is 2.86. The molecule has 0 amide bonds. The molecule has 0 fully saturated rings. The number of hydrogen-bond donors (Lipinski definition) is 0. The molecule has 0 N–H and O–H groups in total. The van der Waals surface area contributed by atoms with Crippen molar-refractivity contribution in [2.75, 3.05) is 14.2 Å². The molecule has 86 valence electrons. The van der Waals surface area contributed by atoms with Crippen LogP contribution < -0.4 is 4.74 Å². The fourth-order valence-electron chi connectivity index (χ4n) is 2.28. The van der Waals surface area contributed by atoms with Crippen molar-refractivity contribution < 1.29 is 4.74 Å². The van der Waals surface area contributed by atoms with Gasteiger partial charge in [-0.1, -0.05) is 19.1 Å². The van der Waals surface area contributed by atoms with Crippen molar-refractivity contribution in [3.05, 3.63) is 29.8 Å². The average molecular weight is 218 g/mol. The van der Waals surface area contributed by atoms with Crippen LogP contribution in [-0.2, 0) is 0 Å². The molecule has 2 unspecified atom stereocenters. The molecule has 16 heavy (non-hydrogen) atoms. The SMILES string of the molecule is COc1cccc(C2C(C)C(C)=NN2C)c1. The predicted molar refractivity (Wildman–Crippen MR) is 65.8 cm³/mol. The molecule has 0 saturated carbocycles. The van der Waals surface area contributed by atoms with Crippen LogP contribution in [0.4, 0.5) is 0 Å². The molecule has 2 atom stereocenters. The summed E-state index contributed by atoms with van der Waals surface area (Å²) in [6, 6.07) is 8.55. The minimum absolute atomic E-state index is 0.329. The van der Waals surface area contributed by atoms with Crippen LogP contribution in [0.15, 0.2) is 29.4 Å². The quantitative estimate of drug-likeness (QED) is 0.762.